The molecule has 7 heteroatoms. The molecule has 0 atom stereocenters. The summed E-state index contributed by atoms with van der Waals surface area (Å²) in [6, 6.07) is 7.88. The number of hydrogen-bond donors (Lipinski definition) is 0. The second kappa shape index (κ2) is 6.07. The van der Waals surface area contributed by atoms with Crippen molar-refractivity contribution in [3.05, 3.63) is 52.1 Å². The summed E-state index contributed by atoms with van der Waals surface area (Å²) < 4.78 is 29.5. The van der Waals surface area contributed by atoms with Crippen LogP contribution < -0.4 is 4.18 Å². The summed E-state index contributed by atoms with van der Waals surface area (Å²) in [5, 5.41) is 0.326. The van der Waals surface area contributed by atoms with Crippen molar-refractivity contribution in [2.45, 2.75) is 31.1 Å². The van der Waals surface area contributed by atoms with E-state index in [4.69, 9.17) is 27.4 Å². The van der Waals surface area contributed by atoms with Crippen LogP contribution in [-0.2, 0) is 15.5 Å². The third kappa shape index (κ3) is 3.91. The first-order chi connectivity index (χ1) is 10.1. The van der Waals surface area contributed by atoms with Gasteiger partial charge in [-0.3, -0.25) is 0 Å². The van der Waals surface area contributed by atoms with E-state index in [1.807, 2.05) is 20.8 Å². The average Bonchev–Trinajstić information content (AvgIpc) is 2.41. The van der Waals surface area contributed by atoms with Crippen molar-refractivity contribution in [2.24, 2.45) is 0 Å². The van der Waals surface area contributed by atoms with Crippen LogP contribution in [0.2, 0.25) is 10.0 Å². The zero-order chi connectivity index (χ0) is 16.5. The van der Waals surface area contributed by atoms with Crippen LogP contribution in [0.3, 0.4) is 0 Å². The Morgan fingerprint density at radius 2 is 1.68 bits per heavy atom. The lowest BCUT2D eigenvalue weighted by atomic mass is 9.87. The number of pyridine rings is 1. The second-order valence-corrected chi connectivity index (χ2v) is 8.14. The monoisotopic (exact) mass is 359 g/mol. The van der Waals surface area contributed by atoms with Crippen LogP contribution in [0.5, 0.6) is 5.88 Å². The largest absolute Gasteiger partial charge is 0.357 e. The molecule has 0 N–H and O–H groups in total. The zero-order valence-corrected chi connectivity index (χ0v) is 14.6. The standard InChI is InChI=1S/C15H15Cl2NO3S/c1-15(2,3)10-4-6-12(7-5-10)22(19,20)21-14-13(17)8-11(16)9-18-14/h4-9H,1-3H3. The van der Waals surface area contributed by atoms with E-state index < -0.39 is 10.1 Å². The van der Waals surface area contributed by atoms with Crippen molar-refractivity contribution < 1.29 is 12.6 Å². The number of nitrogens with zero attached hydrogens (tertiary/aromatic N) is 1. The highest BCUT2D eigenvalue weighted by atomic mass is 35.5. The molecule has 0 saturated carbocycles. The molecule has 22 heavy (non-hydrogen) atoms. The van der Waals surface area contributed by atoms with Gasteiger partial charge in [-0.15, -0.1) is 0 Å². The molecule has 0 amide bonds. The molecular weight excluding hydrogens is 345 g/mol. The minimum atomic E-state index is -4.00. The van der Waals surface area contributed by atoms with Gasteiger partial charge >= 0.3 is 10.1 Å². The third-order valence-corrected chi connectivity index (χ3v) is 4.68. The first-order valence-corrected chi connectivity index (χ1v) is 8.62. The van der Waals surface area contributed by atoms with E-state index in [2.05, 4.69) is 4.98 Å². The SMILES string of the molecule is CC(C)(C)c1ccc(S(=O)(=O)Oc2ncc(Cl)cc2Cl)cc1. The molecular formula is C15H15Cl2NO3S. The van der Waals surface area contributed by atoms with Crippen LogP contribution in [0.15, 0.2) is 41.4 Å². The lowest BCUT2D eigenvalue weighted by Gasteiger charge is -2.19. The first-order valence-electron chi connectivity index (χ1n) is 6.46. The zero-order valence-electron chi connectivity index (χ0n) is 12.3. The maximum absolute atomic E-state index is 12.2. The minimum Gasteiger partial charge on any atom is -0.357 e. The fraction of sp³-hybridized carbons (Fsp3) is 0.267. The van der Waals surface area contributed by atoms with Gasteiger partial charge in [-0.1, -0.05) is 56.1 Å². The molecule has 0 aliphatic heterocycles. The molecule has 0 unspecified atom stereocenters. The van der Waals surface area contributed by atoms with Crippen molar-refractivity contribution in [3.63, 3.8) is 0 Å². The Labute approximate surface area is 140 Å². The number of halogens is 2. The van der Waals surface area contributed by atoms with Crippen molar-refractivity contribution in [1.29, 1.82) is 0 Å². The smallest absolute Gasteiger partial charge is 0.340 e. The van der Waals surface area contributed by atoms with E-state index in [-0.39, 0.29) is 21.2 Å². The normalized spacial score (nSPS) is 12.2. The molecule has 0 saturated heterocycles. The molecule has 0 radical (unpaired) electrons. The number of aromatic nitrogens is 1. The Morgan fingerprint density at radius 1 is 1.09 bits per heavy atom. The lowest BCUT2D eigenvalue weighted by Crippen LogP contribution is -2.13. The predicted molar refractivity (Wildman–Crippen MR) is 87.2 cm³/mol. The van der Waals surface area contributed by atoms with E-state index >= 15 is 0 Å². The molecule has 0 aliphatic rings. The Hall–Kier alpha value is -1.30. The highest BCUT2D eigenvalue weighted by molar-refractivity contribution is 7.87. The number of rotatable bonds is 3. The Morgan fingerprint density at radius 3 is 2.18 bits per heavy atom. The minimum absolute atomic E-state index is 0.0300. The molecule has 1 aromatic heterocycles. The van der Waals surface area contributed by atoms with Crippen molar-refractivity contribution in [1.82, 2.24) is 4.98 Å². The molecule has 0 aliphatic carbocycles. The maximum Gasteiger partial charge on any atom is 0.340 e. The van der Waals surface area contributed by atoms with E-state index in [0.717, 1.165) is 5.56 Å². The third-order valence-electron chi connectivity index (χ3n) is 2.97. The average molecular weight is 360 g/mol. The fourth-order valence-corrected chi connectivity index (χ4v) is 3.11. The van der Waals surface area contributed by atoms with Crippen molar-refractivity contribution >= 4 is 33.3 Å². The highest BCUT2D eigenvalue weighted by Crippen LogP contribution is 2.28. The van der Waals surface area contributed by atoms with Crippen LogP contribution in [0, 0.1) is 0 Å². The van der Waals surface area contributed by atoms with Crippen LogP contribution >= 0.6 is 23.2 Å². The fourth-order valence-electron chi connectivity index (χ4n) is 1.74. The summed E-state index contributed by atoms with van der Waals surface area (Å²) in [4.78, 5) is 3.82. The van der Waals surface area contributed by atoms with E-state index in [1.165, 1.54) is 24.4 Å². The quantitative estimate of drug-likeness (QED) is 0.759. The molecule has 0 spiro atoms. The van der Waals surface area contributed by atoms with Crippen LogP contribution in [0.4, 0.5) is 0 Å². The van der Waals surface area contributed by atoms with Gasteiger partial charge in [-0.05, 0) is 29.2 Å². The summed E-state index contributed by atoms with van der Waals surface area (Å²) >= 11 is 11.6. The van der Waals surface area contributed by atoms with Crippen LogP contribution in [0.1, 0.15) is 26.3 Å². The van der Waals surface area contributed by atoms with Crippen molar-refractivity contribution in [3.8, 4) is 5.88 Å². The molecule has 0 fully saturated rings. The first kappa shape index (κ1) is 17.1. The lowest BCUT2D eigenvalue weighted by molar-refractivity contribution is 0.476. The van der Waals surface area contributed by atoms with Gasteiger partial charge in [0.05, 0.1) is 5.02 Å². The Bertz CT molecular complexity index is 781. The van der Waals surface area contributed by atoms with Gasteiger partial charge in [0, 0.05) is 6.20 Å². The summed E-state index contributed by atoms with van der Waals surface area (Å²) in [5.74, 6) is -0.203. The summed E-state index contributed by atoms with van der Waals surface area (Å²) in [6.45, 7) is 6.14. The van der Waals surface area contributed by atoms with Crippen LogP contribution in [-0.4, -0.2) is 13.4 Å². The summed E-state index contributed by atoms with van der Waals surface area (Å²) in [7, 11) is -4.00. The molecule has 1 heterocycles. The van der Waals surface area contributed by atoms with Gasteiger partial charge in [0.1, 0.15) is 9.92 Å². The van der Waals surface area contributed by atoms with Gasteiger partial charge in [-0.25, -0.2) is 4.98 Å². The Kier molecular flexibility index (Phi) is 4.70. The van der Waals surface area contributed by atoms with Gasteiger partial charge in [0.2, 0.25) is 0 Å². The van der Waals surface area contributed by atoms with E-state index in [0.29, 0.717) is 5.02 Å². The summed E-state index contributed by atoms with van der Waals surface area (Å²) in [5.41, 5.74) is 0.957. The highest BCUT2D eigenvalue weighted by Gasteiger charge is 2.21. The topological polar surface area (TPSA) is 56.3 Å². The molecule has 1 aromatic carbocycles. The molecule has 4 nitrogen and oxygen atoms in total. The van der Waals surface area contributed by atoms with Gasteiger partial charge in [0.25, 0.3) is 5.88 Å². The van der Waals surface area contributed by atoms with E-state index in [1.54, 1.807) is 12.1 Å². The molecule has 2 aromatic rings. The Balaban J connectivity index is 2.31. The number of hydrogen-bond acceptors (Lipinski definition) is 4. The van der Waals surface area contributed by atoms with Gasteiger partial charge in [-0.2, -0.15) is 8.42 Å². The molecule has 0 bridgehead atoms. The van der Waals surface area contributed by atoms with Crippen molar-refractivity contribution in [2.75, 3.05) is 0 Å². The maximum atomic E-state index is 12.2. The molecule has 2 rings (SSSR count). The van der Waals surface area contributed by atoms with Crippen LogP contribution in [0.25, 0.3) is 0 Å². The van der Waals surface area contributed by atoms with Gasteiger partial charge < -0.3 is 4.18 Å². The predicted octanol–water partition coefficient (Wildman–Crippen LogP) is 4.45. The molecule has 118 valence electrons. The number of benzene rings is 1. The second-order valence-electron chi connectivity index (χ2n) is 5.75. The van der Waals surface area contributed by atoms with E-state index in [9.17, 15) is 8.42 Å². The van der Waals surface area contributed by atoms with Gasteiger partial charge in [0.15, 0.2) is 0 Å². The summed E-state index contributed by atoms with van der Waals surface area (Å²) in [6.07, 6.45) is 1.26.